The number of aryl methyl sites for hydroxylation is 1. The van der Waals surface area contributed by atoms with Crippen LogP contribution in [0.3, 0.4) is 0 Å². The van der Waals surface area contributed by atoms with Crippen molar-refractivity contribution in [1.29, 1.82) is 0 Å². The fourth-order valence-corrected chi connectivity index (χ4v) is 4.96. The van der Waals surface area contributed by atoms with Crippen molar-refractivity contribution in [1.82, 2.24) is 9.88 Å². The normalized spacial score (nSPS) is 29.0. The third kappa shape index (κ3) is 3.20. The van der Waals surface area contributed by atoms with Crippen molar-refractivity contribution >= 4 is 17.2 Å². The van der Waals surface area contributed by atoms with Gasteiger partial charge in [-0.3, -0.25) is 4.79 Å². The van der Waals surface area contributed by atoms with Crippen LogP contribution in [-0.4, -0.2) is 35.4 Å². The Balaban J connectivity index is 1.66. The van der Waals surface area contributed by atoms with E-state index in [2.05, 4.69) is 17.2 Å². The number of carbonyl (C=O) groups excluding carboxylic acids is 1. The molecule has 2 aliphatic rings. The van der Waals surface area contributed by atoms with Crippen LogP contribution in [0.25, 0.3) is 0 Å². The minimum Gasteiger partial charge on any atom is -0.342 e. The lowest BCUT2D eigenvalue weighted by atomic mass is 9.92. The predicted octanol–water partition coefficient (Wildman–Crippen LogP) is 2.79. The lowest BCUT2D eigenvalue weighted by molar-refractivity contribution is -0.137. The molecule has 1 amide bonds. The molecule has 3 rings (SSSR count). The standard InChI is InChI=1S/C17H27N3OS/c1-2-14-11-22-16(19-14)13-6-4-8-20(10-13)17(21)15-7-3-5-12(15)9-18/h11-13,15H,2-10,18H2,1H3/t12-,13?,15-/m1/s1. The maximum absolute atomic E-state index is 12.9. The van der Waals surface area contributed by atoms with E-state index < -0.39 is 0 Å². The maximum Gasteiger partial charge on any atom is 0.226 e. The fourth-order valence-electron chi connectivity index (χ4n) is 3.93. The van der Waals surface area contributed by atoms with Gasteiger partial charge < -0.3 is 10.6 Å². The van der Waals surface area contributed by atoms with Crippen LogP contribution in [0.1, 0.15) is 55.6 Å². The number of hydrogen-bond donors (Lipinski definition) is 1. The highest BCUT2D eigenvalue weighted by Crippen LogP contribution is 2.35. The summed E-state index contributed by atoms with van der Waals surface area (Å²) in [5.41, 5.74) is 7.03. The molecule has 1 aliphatic heterocycles. The largest absolute Gasteiger partial charge is 0.342 e. The molecule has 3 atom stereocenters. The van der Waals surface area contributed by atoms with Crippen LogP contribution in [0, 0.1) is 11.8 Å². The number of carbonyl (C=O) groups is 1. The summed E-state index contributed by atoms with van der Waals surface area (Å²) in [5, 5.41) is 3.38. The van der Waals surface area contributed by atoms with E-state index >= 15 is 0 Å². The predicted molar refractivity (Wildman–Crippen MR) is 89.9 cm³/mol. The van der Waals surface area contributed by atoms with Crippen molar-refractivity contribution in [3.05, 3.63) is 16.1 Å². The number of likely N-dealkylation sites (tertiary alicyclic amines) is 1. The molecule has 0 bridgehead atoms. The van der Waals surface area contributed by atoms with E-state index in [9.17, 15) is 4.79 Å². The Morgan fingerprint density at radius 2 is 2.27 bits per heavy atom. The third-order valence-corrected chi connectivity index (χ3v) is 6.35. The van der Waals surface area contributed by atoms with Gasteiger partial charge in [-0.2, -0.15) is 0 Å². The van der Waals surface area contributed by atoms with Crippen molar-refractivity contribution in [2.24, 2.45) is 17.6 Å². The Kier molecular flexibility index (Phi) is 5.14. The Morgan fingerprint density at radius 3 is 3.00 bits per heavy atom. The van der Waals surface area contributed by atoms with Gasteiger partial charge in [-0.15, -0.1) is 11.3 Å². The molecular formula is C17H27N3OS. The summed E-state index contributed by atoms with van der Waals surface area (Å²) in [6.45, 7) is 4.56. The number of hydrogen-bond acceptors (Lipinski definition) is 4. The Hall–Kier alpha value is -0.940. The zero-order chi connectivity index (χ0) is 15.5. The van der Waals surface area contributed by atoms with Crippen LogP contribution in [0.2, 0.25) is 0 Å². The molecule has 1 unspecified atom stereocenters. The third-order valence-electron chi connectivity index (χ3n) is 5.29. The first-order chi connectivity index (χ1) is 10.7. The minimum absolute atomic E-state index is 0.172. The van der Waals surface area contributed by atoms with Gasteiger partial charge >= 0.3 is 0 Å². The number of piperidine rings is 1. The second-order valence-corrected chi connectivity index (χ2v) is 7.58. The number of rotatable bonds is 4. The van der Waals surface area contributed by atoms with E-state index in [0.29, 0.717) is 24.3 Å². The summed E-state index contributed by atoms with van der Waals surface area (Å²) < 4.78 is 0. The van der Waals surface area contributed by atoms with E-state index in [4.69, 9.17) is 10.7 Å². The number of nitrogens with zero attached hydrogens (tertiary/aromatic N) is 2. The molecule has 5 heteroatoms. The lowest BCUT2D eigenvalue weighted by Crippen LogP contribution is -2.44. The highest BCUT2D eigenvalue weighted by molar-refractivity contribution is 7.09. The second kappa shape index (κ2) is 7.09. The van der Waals surface area contributed by atoms with Gasteiger partial charge in [0.1, 0.15) is 0 Å². The first kappa shape index (κ1) is 15.9. The highest BCUT2D eigenvalue weighted by Gasteiger charge is 2.36. The van der Waals surface area contributed by atoms with Crippen molar-refractivity contribution in [3.63, 3.8) is 0 Å². The summed E-state index contributed by atoms with van der Waals surface area (Å²) in [6.07, 6.45) is 6.55. The summed E-state index contributed by atoms with van der Waals surface area (Å²) in [5.74, 6) is 1.36. The maximum atomic E-state index is 12.9. The quantitative estimate of drug-likeness (QED) is 0.927. The van der Waals surface area contributed by atoms with Gasteiger partial charge in [0.15, 0.2) is 0 Å². The number of nitrogens with two attached hydrogens (primary N) is 1. The van der Waals surface area contributed by atoms with Gasteiger partial charge in [-0.1, -0.05) is 13.3 Å². The van der Waals surface area contributed by atoms with Crippen molar-refractivity contribution in [2.45, 2.75) is 51.4 Å². The van der Waals surface area contributed by atoms with Gasteiger partial charge in [0.2, 0.25) is 5.91 Å². The molecule has 2 N–H and O–H groups in total. The molecule has 0 spiro atoms. The van der Waals surface area contributed by atoms with E-state index in [1.165, 1.54) is 10.7 Å². The summed E-state index contributed by atoms with van der Waals surface area (Å²) in [6, 6.07) is 0. The van der Waals surface area contributed by atoms with E-state index in [0.717, 1.165) is 51.6 Å². The number of thiazole rings is 1. The second-order valence-electron chi connectivity index (χ2n) is 6.69. The van der Waals surface area contributed by atoms with Crippen molar-refractivity contribution < 1.29 is 4.79 Å². The van der Waals surface area contributed by atoms with Gasteiger partial charge in [0, 0.05) is 30.3 Å². The molecule has 1 aliphatic carbocycles. The fraction of sp³-hybridized carbons (Fsp3) is 0.765. The molecule has 2 fully saturated rings. The summed E-state index contributed by atoms with van der Waals surface area (Å²) in [4.78, 5) is 19.7. The van der Waals surface area contributed by atoms with E-state index in [1.54, 1.807) is 11.3 Å². The Bertz CT molecular complexity index is 516. The first-order valence-corrected chi connectivity index (χ1v) is 9.54. The van der Waals surface area contributed by atoms with Crippen LogP contribution >= 0.6 is 11.3 Å². The molecule has 0 aromatic carbocycles. The lowest BCUT2D eigenvalue weighted by Gasteiger charge is -2.34. The van der Waals surface area contributed by atoms with Crippen LogP contribution < -0.4 is 5.73 Å². The van der Waals surface area contributed by atoms with Crippen LogP contribution in [0.5, 0.6) is 0 Å². The van der Waals surface area contributed by atoms with E-state index in [-0.39, 0.29) is 5.92 Å². The number of amides is 1. The molecule has 0 radical (unpaired) electrons. The first-order valence-electron chi connectivity index (χ1n) is 8.66. The molecule has 1 aromatic rings. The zero-order valence-corrected chi connectivity index (χ0v) is 14.3. The molecule has 2 heterocycles. The SMILES string of the molecule is CCc1csc(C2CCCN(C(=O)[C@@H]3CCC[C@@H]3CN)C2)n1. The molecular weight excluding hydrogens is 294 g/mol. The molecule has 1 aromatic heterocycles. The molecule has 122 valence electrons. The summed E-state index contributed by atoms with van der Waals surface area (Å²) >= 11 is 1.76. The summed E-state index contributed by atoms with van der Waals surface area (Å²) in [7, 11) is 0. The van der Waals surface area contributed by atoms with Crippen LogP contribution in [0.15, 0.2) is 5.38 Å². The average molecular weight is 321 g/mol. The van der Waals surface area contributed by atoms with Crippen molar-refractivity contribution in [3.8, 4) is 0 Å². The molecule has 1 saturated heterocycles. The minimum atomic E-state index is 0.172. The average Bonchev–Trinajstić information content (AvgIpc) is 3.23. The van der Waals surface area contributed by atoms with Gasteiger partial charge in [0.05, 0.1) is 10.7 Å². The highest BCUT2D eigenvalue weighted by atomic mass is 32.1. The van der Waals surface area contributed by atoms with Gasteiger partial charge in [-0.25, -0.2) is 4.98 Å². The van der Waals surface area contributed by atoms with Crippen LogP contribution in [-0.2, 0) is 11.2 Å². The van der Waals surface area contributed by atoms with Crippen LogP contribution in [0.4, 0.5) is 0 Å². The zero-order valence-electron chi connectivity index (χ0n) is 13.5. The molecule has 22 heavy (non-hydrogen) atoms. The van der Waals surface area contributed by atoms with Gasteiger partial charge in [-0.05, 0) is 44.6 Å². The Labute approximate surface area is 137 Å². The van der Waals surface area contributed by atoms with Crippen molar-refractivity contribution in [2.75, 3.05) is 19.6 Å². The van der Waals surface area contributed by atoms with E-state index in [1.807, 2.05) is 0 Å². The topological polar surface area (TPSA) is 59.2 Å². The smallest absolute Gasteiger partial charge is 0.226 e. The monoisotopic (exact) mass is 321 g/mol. The molecule has 1 saturated carbocycles. The number of aromatic nitrogens is 1. The Morgan fingerprint density at radius 1 is 1.41 bits per heavy atom. The molecule has 4 nitrogen and oxygen atoms in total. The van der Waals surface area contributed by atoms with Gasteiger partial charge in [0.25, 0.3) is 0 Å².